The van der Waals surface area contributed by atoms with E-state index in [0.29, 0.717) is 66.7 Å². The van der Waals surface area contributed by atoms with Gasteiger partial charge in [0.25, 0.3) is 11.1 Å². The van der Waals surface area contributed by atoms with Crippen LogP contribution in [0, 0.1) is 0 Å². The van der Waals surface area contributed by atoms with Gasteiger partial charge in [0.05, 0.1) is 40.6 Å². The number of nitrogens with zero attached hydrogens (tertiary/aromatic N) is 2. The van der Waals surface area contributed by atoms with Crippen LogP contribution in [0.2, 0.25) is 0 Å². The lowest BCUT2D eigenvalue weighted by Gasteiger charge is -2.30. The van der Waals surface area contributed by atoms with Crippen molar-refractivity contribution >= 4 is 73.0 Å². The number of hydrogen-bond donors (Lipinski definition) is 1. The van der Waals surface area contributed by atoms with Gasteiger partial charge in [-0.15, -0.1) is 0 Å². The number of morpholine rings is 1. The number of hydrogen-bond acceptors (Lipinski definition) is 8. The number of para-hydroxylation sites is 2. The Labute approximate surface area is 279 Å². The predicted molar refractivity (Wildman–Crippen MR) is 184 cm³/mol. The van der Waals surface area contributed by atoms with Gasteiger partial charge in [0, 0.05) is 13.1 Å². The standard InChI is InChI=1S/C35H32BrN3O6S/c1-2-44-30-19-23(18-27(36)33(30)45-22-25-10-7-9-24-8-3-4-11-26(24)25)20-31-34(41)39(35(42)46-31)21-32(40)37-28-12-5-6-13-29(28)38-14-16-43-17-15-38/h3-13,18-20H,2,14-17,21-22H2,1H3,(H,37,40)/b31-20+. The van der Waals surface area contributed by atoms with E-state index in [-0.39, 0.29) is 4.91 Å². The number of amides is 3. The molecule has 46 heavy (non-hydrogen) atoms. The third kappa shape index (κ3) is 7.06. The summed E-state index contributed by atoms with van der Waals surface area (Å²) < 4.78 is 18.3. The number of imide groups is 1. The Balaban J connectivity index is 1.16. The average Bonchev–Trinajstić information content (AvgIpc) is 3.32. The van der Waals surface area contributed by atoms with Crippen LogP contribution >= 0.6 is 27.7 Å². The van der Waals surface area contributed by atoms with Gasteiger partial charge >= 0.3 is 0 Å². The Morgan fingerprint density at radius 1 is 1.00 bits per heavy atom. The van der Waals surface area contributed by atoms with Crippen LogP contribution in [0.3, 0.4) is 0 Å². The van der Waals surface area contributed by atoms with Crippen molar-refractivity contribution in [2.45, 2.75) is 13.5 Å². The summed E-state index contributed by atoms with van der Waals surface area (Å²) in [5.41, 5.74) is 3.17. The quantitative estimate of drug-likeness (QED) is 0.175. The third-order valence-corrected chi connectivity index (χ3v) is 9.08. The fourth-order valence-corrected chi connectivity index (χ4v) is 6.84. The molecule has 2 heterocycles. The number of halogens is 1. The molecule has 1 N–H and O–H groups in total. The molecule has 11 heteroatoms. The number of nitrogens with one attached hydrogen (secondary N) is 1. The highest BCUT2D eigenvalue weighted by Crippen LogP contribution is 2.40. The zero-order valence-electron chi connectivity index (χ0n) is 25.2. The molecular weight excluding hydrogens is 670 g/mol. The molecule has 2 fully saturated rings. The molecule has 0 unspecified atom stereocenters. The Morgan fingerprint density at radius 2 is 1.76 bits per heavy atom. The lowest BCUT2D eigenvalue weighted by atomic mass is 10.1. The van der Waals surface area contributed by atoms with Crippen LogP contribution < -0.4 is 19.7 Å². The average molecular weight is 703 g/mol. The van der Waals surface area contributed by atoms with Crippen LogP contribution in [0.1, 0.15) is 18.1 Å². The van der Waals surface area contributed by atoms with Crippen molar-refractivity contribution in [2.75, 3.05) is 49.7 Å². The zero-order chi connectivity index (χ0) is 32.0. The summed E-state index contributed by atoms with van der Waals surface area (Å²) in [4.78, 5) is 42.5. The number of thioether (sulfide) groups is 1. The maximum atomic E-state index is 13.3. The van der Waals surface area contributed by atoms with Crippen LogP contribution in [0.4, 0.5) is 16.2 Å². The van der Waals surface area contributed by atoms with Crippen molar-refractivity contribution in [2.24, 2.45) is 0 Å². The van der Waals surface area contributed by atoms with Crippen molar-refractivity contribution in [3.8, 4) is 11.5 Å². The van der Waals surface area contributed by atoms with Crippen LogP contribution in [-0.4, -0.2) is 61.4 Å². The van der Waals surface area contributed by atoms with Crippen LogP contribution in [0.5, 0.6) is 11.5 Å². The minimum absolute atomic E-state index is 0.213. The highest BCUT2D eigenvalue weighted by Gasteiger charge is 2.36. The maximum absolute atomic E-state index is 13.3. The van der Waals surface area contributed by atoms with E-state index in [1.165, 1.54) is 0 Å². The van der Waals surface area contributed by atoms with Crippen molar-refractivity contribution in [3.05, 3.63) is 99.4 Å². The Morgan fingerprint density at radius 3 is 2.59 bits per heavy atom. The van der Waals surface area contributed by atoms with Gasteiger partial charge in [0.1, 0.15) is 13.2 Å². The Hall–Kier alpha value is -4.32. The molecule has 4 aromatic carbocycles. The molecule has 0 aromatic heterocycles. The molecule has 0 bridgehead atoms. The Kier molecular flexibility index (Phi) is 9.91. The minimum atomic E-state index is -0.531. The molecule has 2 aliphatic rings. The van der Waals surface area contributed by atoms with Gasteiger partial charge in [-0.1, -0.05) is 54.6 Å². The summed E-state index contributed by atoms with van der Waals surface area (Å²) in [6.07, 6.45) is 1.62. The number of ether oxygens (including phenoxy) is 3. The van der Waals surface area contributed by atoms with E-state index in [4.69, 9.17) is 14.2 Å². The number of rotatable bonds is 10. The molecule has 0 spiro atoms. The molecule has 4 aromatic rings. The first-order valence-corrected chi connectivity index (χ1v) is 16.5. The zero-order valence-corrected chi connectivity index (χ0v) is 27.6. The summed E-state index contributed by atoms with van der Waals surface area (Å²) in [5.74, 6) is 0.0466. The van der Waals surface area contributed by atoms with Crippen molar-refractivity contribution in [3.63, 3.8) is 0 Å². The molecule has 3 amide bonds. The summed E-state index contributed by atoms with van der Waals surface area (Å²) >= 11 is 4.41. The number of carbonyl (C=O) groups is 3. The molecular formula is C35H32BrN3O6S. The van der Waals surface area contributed by atoms with E-state index in [2.05, 4.69) is 44.3 Å². The summed E-state index contributed by atoms with van der Waals surface area (Å²) in [6.45, 7) is 4.85. The maximum Gasteiger partial charge on any atom is 0.294 e. The molecule has 0 aliphatic carbocycles. The molecule has 0 radical (unpaired) electrons. The number of fused-ring (bicyclic) bond motifs is 1. The van der Waals surface area contributed by atoms with E-state index in [0.717, 1.165) is 38.7 Å². The largest absolute Gasteiger partial charge is 0.490 e. The molecule has 2 aliphatic heterocycles. The first kappa shape index (κ1) is 31.7. The Bertz CT molecular complexity index is 1820. The number of benzene rings is 4. The topological polar surface area (TPSA) is 97.4 Å². The first-order chi connectivity index (χ1) is 22.4. The van der Waals surface area contributed by atoms with E-state index in [1.807, 2.05) is 55.5 Å². The van der Waals surface area contributed by atoms with Crippen LogP contribution in [-0.2, 0) is 20.9 Å². The smallest absolute Gasteiger partial charge is 0.294 e. The number of carbonyl (C=O) groups excluding carboxylic acids is 3. The summed E-state index contributed by atoms with van der Waals surface area (Å²) in [5, 5.41) is 4.61. The first-order valence-electron chi connectivity index (χ1n) is 14.9. The van der Waals surface area contributed by atoms with Gasteiger partial charge in [0.15, 0.2) is 11.5 Å². The monoisotopic (exact) mass is 701 g/mol. The lowest BCUT2D eigenvalue weighted by Crippen LogP contribution is -2.38. The molecule has 2 saturated heterocycles. The second-order valence-electron chi connectivity index (χ2n) is 10.6. The SMILES string of the molecule is CCOc1cc(/C=C2/SC(=O)N(CC(=O)Nc3ccccc3N3CCOCC3)C2=O)cc(Br)c1OCc1cccc2ccccc12. The predicted octanol–water partition coefficient (Wildman–Crippen LogP) is 7.09. The highest BCUT2D eigenvalue weighted by molar-refractivity contribution is 9.10. The second kappa shape index (κ2) is 14.4. The van der Waals surface area contributed by atoms with E-state index >= 15 is 0 Å². The molecule has 236 valence electrons. The van der Waals surface area contributed by atoms with E-state index in [9.17, 15) is 14.4 Å². The van der Waals surface area contributed by atoms with Gasteiger partial charge < -0.3 is 24.4 Å². The normalized spacial score (nSPS) is 15.9. The van der Waals surface area contributed by atoms with Crippen molar-refractivity contribution in [1.82, 2.24) is 4.90 Å². The summed E-state index contributed by atoms with van der Waals surface area (Å²) in [6, 6.07) is 25.3. The highest BCUT2D eigenvalue weighted by atomic mass is 79.9. The molecule has 0 atom stereocenters. The molecule has 9 nitrogen and oxygen atoms in total. The minimum Gasteiger partial charge on any atom is -0.490 e. The molecule has 0 saturated carbocycles. The van der Waals surface area contributed by atoms with Gasteiger partial charge in [-0.2, -0.15) is 0 Å². The van der Waals surface area contributed by atoms with E-state index < -0.39 is 23.6 Å². The van der Waals surface area contributed by atoms with Crippen molar-refractivity contribution < 1.29 is 28.6 Å². The summed E-state index contributed by atoms with van der Waals surface area (Å²) in [7, 11) is 0. The van der Waals surface area contributed by atoms with Gasteiger partial charge in [-0.3, -0.25) is 19.3 Å². The van der Waals surface area contributed by atoms with Crippen LogP contribution in [0.15, 0.2) is 88.2 Å². The fraction of sp³-hybridized carbons (Fsp3) is 0.229. The van der Waals surface area contributed by atoms with Gasteiger partial charge in [-0.05, 0) is 86.9 Å². The van der Waals surface area contributed by atoms with Crippen LogP contribution in [0.25, 0.3) is 16.8 Å². The number of anilines is 2. The van der Waals surface area contributed by atoms with Gasteiger partial charge in [-0.25, -0.2) is 0 Å². The molecule has 6 rings (SSSR count). The van der Waals surface area contributed by atoms with E-state index in [1.54, 1.807) is 18.2 Å². The second-order valence-corrected chi connectivity index (χ2v) is 12.5. The van der Waals surface area contributed by atoms with Gasteiger partial charge in [0.2, 0.25) is 5.91 Å². The van der Waals surface area contributed by atoms with Crippen molar-refractivity contribution in [1.29, 1.82) is 0 Å². The fourth-order valence-electron chi connectivity index (χ4n) is 5.42. The lowest BCUT2D eigenvalue weighted by molar-refractivity contribution is -0.127. The third-order valence-electron chi connectivity index (χ3n) is 7.59.